The molecule has 6 nitrogen and oxygen atoms in total. The van der Waals surface area contributed by atoms with Crippen LogP contribution in [-0.2, 0) is 14.6 Å². The number of hydrogen-bond acceptors (Lipinski definition) is 4. The van der Waals surface area contributed by atoms with E-state index >= 15 is 0 Å². The van der Waals surface area contributed by atoms with Gasteiger partial charge in [-0.1, -0.05) is 0 Å². The molecule has 4 fully saturated rings. The fraction of sp³-hybridized carbons (Fsp3) is 0.933. The van der Waals surface area contributed by atoms with Gasteiger partial charge in [0.2, 0.25) is 0 Å². The number of aliphatic imine (C=N–C) groups is 1. The Hall–Kier alpha value is -0.820. The molecule has 3 saturated heterocycles. The van der Waals surface area contributed by atoms with E-state index in [1.807, 2.05) is 0 Å². The molecule has 3 aliphatic heterocycles. The Morgan fingerprint density at radius 2 is 2.00 bits per heavy atom. The zero-order valence-electron chi connectivity index (χ0n) is 12.8. The van der Waals surface area contributed by atoms with E-state index in [1.165, 1.54) is 19.3 Å². The van der Waals surface area contributed by atoms with Crippen molar-refractivity contribution in [1.29, 1.82) is 0 Å². The predicted molar refractivity (Wildman–Crippen MR) is 84.7 cm³/mol. The van der Waals surface area contributed by atoms with Gasteiger partial charge < -0.3 is 15.4 Å². The van der Waals surface area contributed by atoms with E-state index in [0.29, 0.717) is 42.3 Å². The lowest BCUT2D eigenvalue weighted by molar-refractivity contribution is 0.0992. The van der Waals surface area contributed by atoms with Crippen LogP contribution in [0, 0.1) is 5.92 Å². The molecule has 0 spiro atoms. The van der Waals surface area contributed by atoms with E-state index in [2.05, 4.69) is 15.6 Å². The lowest BCUT2D eigenvalue weighted by Gasteiger charge is -2.23. The zero-order valence-corrected chi connectivity index (χ0v) is 13.6. The Labute approximate surface area is 132 Å². The summed E-state index contributed by atoms with van der Waals surface area (Å²) < 4.78 is 29.0. The molecule has 0 aromatic rings. The highest BCUT2D eigenvalue weighted by molar-refractivity contribution is 7.91. The minimum Gasteiger partial charge on any atom is -0.373 e. The molecule has 2 bridgehead atoms. The molecule has 2 N–H and O–H groups in total. The van der Waals surface area contributed by atoms with Crippen LogP contribution < -0.4 is 10.6 Å². The van der Waals surface area contributed by atoms with Crippen LogP contribution >= 0.6 is 0 Å². The van der Waals surface area contributed by atoms with Crippen LogP contribution in [0.3, 0.4) is 0 Å². The molecule has 7 heteroatoms. The topological polar surface area (TPSA) is 79.8 Å². The highest BCUT2D eigenvalue weighted by Crippen LogP contribution is 2.34. The third kappa shape index (κ3) is 3.40. The van der Waals surface area contributed by atoms with Gasteiger partial charge in [-0.15, -0.1) is 0 Å². The molecular weight excluding hydrogens is 302 g/mol. The first-order valence-corrected chi connectivity index (χ1v) is 10.3. The Balaban J connectivity index is 1.36. The van der Waals surface area contributed by atoms with Crippen molar-refractivity contribution in [3.63, 3.8) is 0 Å². The lowest BCUT2D eigenvalue weighted by Crippen LogP contribution is -2.48. The Bertz CT molecular complexity index is 558. The molecule has 4 aliphatic rings. The minimum absolute atomic E-state index is 0.180. The van der Waals surface area contributed by atoms with Crippen molar-refractivity contribution >= 4 is 15.8 Å². The molecular formula is C15H25N3O3S. The average Bonchev–Trinajstić information content (AvgIpc) is 2.90. The summed E-state index contributed by atoms with van der Waals surface area (Å²) in [7, 11) is -2.81. The number of nitrogens with zero attached hydrogens (tertiary/aromatic N) is 1. The maximum Gasteiger partial charge on any atom is 0.191 e. The van der Waals surface area contributed by atoms with E-state index < -0.39 is 9.84 Å². The summed E-state index contributed by atoms with van der Waals surface area (Å²) in [6.45, 7) is 0.600. The molecule has 3 heterocycles. The van der Waals surface area contributed by atoms with Crippen molar-refractivity contribution in [1.82, 2.24) is 10.6 Å². The van der Waals surface area contributed by atoms with Gasteiger partial charge in [-0.05, 0) is 44.4 Å². The third-order valence-corrected chi connectivity index (χ3v) is 7.02. The average molecular weight is 327 g/mol. The first kappa shape index (κ1) is 14.8. The summed E-state index contributed by atoms with van der Waals surface area (Å²) >= 11 is 0. The molecule has 0 aromatic carbocycles. The quantitative estimate of drug-likeness (QED) is 0.578. The Morgan fingerprint density at radius 3 is 2.59 bits per heavy atom. The second-order valence-electron chi connectivity index (χ2n) is 7.24. The molecule has 4 unspecified atom stereocenters. The SMILES string of the molecule is O=S1(=O)CCC(CN=C(NC2CC2)NC2CC3CCC2O3)C1. The molecule has 0 amide bonds. The second-order valence-corrected chi connectivity index (χ2v) is 9.47. The van der Waals surface area contributed by atoms with Gasteiger partial charge in [0, 0.05) is 12.6 Å². The number of fused-ring (bicyclic) bond motifs is 2. The fourth-order valence-corrected chi connectivity index (χ4v) is 5.61. The molecule has 1 saturated carbocycles. The zero-order chi connectivity index (χ0) is 15.2. The number of sulfone groups is 1. The van der Waals surface area contributed by atoms with Crippen LogP contribution in [-0.4, -0.2) is 56.7 Å². The maximum absolute atomic E-state index is 11.5. The predicted octanol–water partition coefficient (Wildman–Crippen LogP) is 0.439. The van der Waals surface area contributed by atoms with E-state index in [0.717, 1.165) is 25.2 Å². The van der Waals surface area contributed by atoms with Gasteiger partial charge in [0.25, 0.3) is 0 Å². The monoisotopic (exact) mass is 327 g/mol. The Kier molecular flexibility index (Phi) is 3.80. The molecule has 0 aromatic heterocycles. The van der Waals surface area contributed by atoms with Gasteiger partial charge in [0.1, 0.15) is 0 Å². The normalized spacial score (nSPS) is 40.1. The number of guanidine groups is 1. The van der Waals surface area contributed by atoms with Crippen molar-refractivity contribution in [2.75, 3.05) is 18.1 Å². The van der Waals surface area contributed by atoms with Crippen LogP contribution in [0.5, 0.6) is 0 Å². The summed E-state index contributed by atoms with van der Waals surface area (Å²) in [4.78, 5) is 4.67. The molecule has 124 valence electrons. The standard InChI is InChI=1S/C15H25N3O3S/c19-22(20)6-5-10(9-22)8-16-15(17-11-1-2-11)18-13-7-12-3-4-14(13)21-12/h10-14H,1-9H2,(H2,16,17,18). The van der Waals surface area contributed by atoms with Gasteiger partial charge in [0.15, 0.2) is 15.8 Å². The molecule has 4 rings (SSSR count). The van der Waals surface area contributed by atoms with Crippen molar-refractivity contribution in [2.24, 2.45) is 10.9 Å². The smallest absolute Gasteiger partial charge is 0.191 e. The molecule has 22 heavy (non-hydrogen) atoms. The van der Waals surface area contributed by atoms with Crippen LogP contribution in [0.4, 0.5) is 0 Å². The van der Waals surface area contributed by atoms with Crippen molar-refractivity contribution in [2.45, 2.75) is 62.8 Å². The summed E-state index contributed by atoms with van der Waals surface area (Å²) in [6.07, 6.45) is 7.28. The molecule has 0 radical (unpaired) electrons. The van der Waals surface area contributed by atoms with Crippen molar-refractivity contribution in [3.05, 3.63) is 0 Å². The van der Waals surface area contributed by atoms with E-state index in [-0.39, 0.29) is 5.92 Å². The van der Waals surface area contributed by atoms with Crippen LogP contribution in [0.15, 0.2) is 4.99 Å². The number of ether oxygens (including phenoxy) is 1. The number of rotatable bonds is 4. The highest BCUT2D eigenvalue weighted by Gasteiger charge is 2.41. The van der Waals surface area contributed by atoms with Gasteiger partial charge >= 0.3 is 0 Å². The number of nitrogens with one attached hydrogen (secondary N) is 2. The van der Waals surface area contributed by atoms with E-state index in [1.54, 1.807) is 0 Å². The van der Waals surface area contributed by atoms with Gasteiger partial charge in [0.05, 0.1) is 29.8 Å². The number of hydrogen-bond donors (Lipinski definition) is 2. The van der Waals surface area contributed by atoms with Crippen molar-refractivity contribution < 1.29 is 13.2 Å². The van der Waals surface area contributed by atoms with Gasteiger partial charge in [-0.25, -0.2) is 8.42 Å². The van der Waals surface area contributed by atoms with Gasteiger partial charge in [-0.2, -0.15) is 0 Å². The minimum atomic E-state index is -2.81. The first-order valence-electron chi connectivity index (χ1n) is 8.51. The highest BCUT2D eigenvalue weighted by atomic mass is 32.2. The second kappa shape index (κ2) is 5.67. The van der Waals surface area contributed by atoms with E-state index in [4.69, 9.17) is 4.74 Å². The van der Waals surface area contributed by atoms with Crippen LogP contribution in [0.1, 0.15) is 38.5 Å². The Morgan fingerprint density at radius 1 is 1.14 bits per heavy atom. The fourth-order valence-electron chi connectivity index (χ4n) is 3.76. The molecule has 4 atom stereocenters. The maximum atomic E-state index is 11.5. The summed E-state index contributed by atoms with van der Waals surface area (Å²) in [5, 5.41) is 6.98. The summed E-state index contributed by atoms with van der Waals surface area (Å²) in [5.74, 6) is 1.66. The largest absolute Gasteiger partial charge is 0.373 e. The van der Waals surface area contributed by atoms with Crippen molar-refractivity contribution in [3.8, 4) is 0 Å². The van der Waals surface area contributed by atoms with Gasteiger partial charge in [-0.3, -0.25) is 4.99 Å². The molecule has 1 aliphatic carbocycles. The summed E-state index contributed by atoms with van der Waals surface area (Å²) in [6, 6.07) is 0.897. The third-order valence-electron chi connectivity index (χ3n) is 5.18. The lowest BCUT2D eigenvalue weighted by atomic mass is 9.96. The first-order chi connectivity index (χ1) is 10.6. The van der Waals surface area contributed by atoms with E-state index in [9.17, 15) is 8.42 Å². The summed E-state index contributed by atoms with van der Waals surface area (Å²) in [5.41, 5.74) is 0. The van der Waals surface area contributed by atoms with Crippen LogP contribution in [0.25, 0.3) is 0 Å². The van der Waals surface area contributed by atoms with Crippen LogP contribution in [0.2, 0.25) is 0 Å².